The van der Waals surface area contributed by atoms with Crippen molar-refractivity contribution < 1.29 is 14.6 Å². The van der Waals surface area contributed by atoms with Crippen LogP contribution >= 0.6 is 0 Å². The average Bonchev–Trinajstić information content (AvgIpc) is 2.87. The van der Waals surface area contributed by atoms with E-state index in [0.717, 1.165) is 28.3 Å². The summed E-state index contributed by atoms with van der Waals surface area (Å²) in [6, 6.07) is 11.3. The van der Waals surface area contributed by atoms with Gasteiger partial charge in [0.15, 0.2) is 11.5 Å². The highest BCUT2D eigenvalue weighted by molar-refractivity contribution is 5.56. The van der Waals surface area contributed by atoms with Crippen molar-refractivity contribution in [1.82, 2.24) is 0 Å². The van der Waals surface area contributed by atoms with E-state index < -0.39 is 0 Å². The lowest BCUT2D eigenvalue weighted by molar-refractivity contribution is 0.174. The Labute approximate surface area is 111 Å². The molecule has 3 rings (SSSR count). The number of aromatic hydroxyl groups is 1. The molecule has 0 amide bonds. The van der Waals surface area contributed by atoms with Gasteiger partial charge in [0.05, 0.1) is 0 Å². The highest BCUT2D eigenvalue weighted by Crippen LogP contribution is 2.34. The van der Waals surface area contributed by atoms with E-state index in [4.69, 9.17) is 9.47 Å². The van der Waals surface area contributed by atoms with Crippen LogP contribution in [0.25, 0.3) is 0 Å². The van der Waals surface area contributed by atoms with Crippen LogP contribution in [-0.2, 0) is 6.54 Å². The topological polar surface area (TPSA) is 50.7 Å². The van der Waals surface area contributed by atoms with Gasteiger partial charge in [-0.2, -0.15) is 0 Å². The number of phenols is 1. The van der Waals surface area contributed by atoms with Crippen LogP contribution in [0.2, 0.25) is 0 Å². The lowest BCUT2D eigenvalue weighted by Crippen LogP contribution is -2.00. The van der Waals surface area contributed by atoms with Gasteiger partial charge in [-0.15, -0.1) is 0 Å². The molecule has 19 heavy (non-hydrogen) atoms. The molecule has 0 aromatic heterocycles. The van der Waals surface area contributed by atoms with Gasteiger partial charge in [-0.05, 0) is 25.1 Å². The SMILES string of the molecule is Cc1ccc(O)c(CNc2ccc3c(c2)OCO3)c1. The summed E-state index contributed by atoms with van der Waals surface area (Å²) in [6.45, 7) is 2.84. The maximum absolute atomic E-state index is 9.78. The van der Waals surface area contributed by atoms with E-state index in [1.165, 1.54) is 0 Å². The maximum Gasteiger partial charge on any atom is 0.231 e. The average molecular weight is 257 g/mol. The summed E-state index contributed by atoms with van der Waals surface area (Å²) in [7, 11) is 0. The number of aryl methyl sites for hydroxylation is 1. The lowest BCUT2D eigenvalue weighted by Gasteiger charge is -2.09. The molecule has 0 saturated carbocycles. The van der Waals surface area contributed by atoms with Crippen LogP contribution in [0, 0.1) is 6.92 Å². The molecule has 2 aromatic rings. The fourth-order valence-corrected chi connectivity index (χ4v) is 2.06. The summed E-state index contributed by atoms with van der Waals surface area (Å²) in [5, 5.41) is 13.0. The Balaban J connectivity index is 1.74. The Morgan fingerprint density at radius 2 is 1.95 bits per heavy atom. The predicted molar refractivity (Wildman–Crippen MR) is 72.7 cm³/mol. The van der Waals surface area contributed by atoms with Gasteiger partial charge in [-0.1, -0.05) is 17.7 Å². The highest BCUT2D eigenvalue weighted by atomic mass is 16.7. The third kappa shape index (κ3) is 2.42. The Bertz CT molecular complexity index is 610. The molecule has 1 heterocycles. The fraction of sp³-hybridized carbons (Fsp3) is 0.200. The van der Waals surface area contributed by atoms with Crippen molar-refractivity contribution in [2.75, 3.05) is 12.1 Å². The molecule has 0 aliphatic carbocycles. The minimum Gasteiger partial charge on any atom is -0.508 e. The summed E-state index contributed by atoms with van der Waals surface area (Å²) in [6.07, 6.45) is 0. The van der Waals surface area contributed by atoms with Gasteiger partial charge in [0.2, 0.25) is 6.79 Å². The van der Waals surface area contributed by atoms with Gasteiger partial charge in [-0.25, -0.2) is 0 Å². The normalized spacial score (nSPS) is 12.5. The third-order valence-corrected chi connectivity index (χ3v) is 3.09. The van der Waals surface area contributed by atoms with Gasteiger partial charge < -0.3 is 19.9 Å². The van der Waals surface area contributed by atoms with E-state index in [1.807, 2.05) is 37.3 Å². The van der Waals surface area contributed by atoms with Crippen LogP contribution in [-0.4, -0.2) is 11.9 Å². The summed E-state index contributed by atoms with van der Waals surface area (Å²) < 4.78 is 10.6. The molecule has 0 bridgehead atoms. The predicted octanol–water partition coefficient (Wildman–Crippen LogP) is 3.04. The molecule has 2 N–H and O–H groups in total. The number of anilines is 1. The van der Waals surface area contributed by atoms with Crippen molar-refractivity contribution in [2.24, 2.45) is 0 Å². The zero-order valence-electron chi connectivity index (χ0n) is 10.6. The quantitative estimate of drug-likeness (QED) is 0.887. The Morgan fingerprint density at radius 3 is 2.84 bits per heavy atom. The Morgan fingerprint density at radius 1 is 1.11 bits per heavy atom. The molecule has 0 atom stereocenters. The zero-order chi connectivity index (χ0) is 13.2. The molecule has 0 unspecified atom stereocenters. The molecular weight excluding hydrogens is 242 g/mol. The van der Waals surface area contributed by atoms with Crippen LogP contribution in [0.3, 0.4) is 0 Å². The lowest BCUT2D eigenvalue weighted by atomic mass is 10.1. The van der Waals surface area contributed by atoms with E-state index in [2.05, 4.69) is 5.32 Å². The molecule has 0 spiro atoms. The summed E-state index contributed by atoms with van der Waals surface area (Å²) >= 11 is 0. The number of nitrogens with one attached hydrogen (secondary N) is 1. The summed E-state index contributed by atoms with van der Waals surface area (Å²) in [4.78, 5) is 0. The van der Waals surface area contributed by atoms with E-state index >= 15 is 0 Å². The van der Waals surface area contributed by atoms with Crippen molar-refractivity contribution in [3.05, 3.63) is 47.5 Å². The molecule has 98 valence electrons. The van der Waals surface area contributed by atoms with Crippen molar-refractivity contribution in [3.8, 4) is 17.2 Å². The molecule has 4 nitrogen and oxygen atoms in total. The van der Waals surface area contributed by atoms with Gasteiger partial charge >= 0.3 is 0 Å². The number of ether oxygens (including phenoxy) is 2. The van der Waals surface area contributed by atoms with Gasteiger partial charge in [-0.3, -0.25) is 0 Å². The first kappa shape index (κ1) is 11.7. The first-order valence-corrected chi connectivity index (χ1v) is 6.14. The van der Waals surface area contributed by atoms with E-state index in [9.17, 15) is 5.11 Å². The van der Waals surface area contributed by atoms with Crippen molar-refractivity contribution in [3.63, 3.8) is 0 Å². The molecule has 0 radical (unpaired) electrons. The van der Waals surface area contributed by atoms with Gasteiger partial charge in [0, 0.05) is 23.9 Å². The Hall–Kier alpha value is -2.36. The maximum atomic E-state index is 9.78. The highest BCUT2D eigenvalue weighted by Gasteiger charge is 2.13. The van der Waals surface area contributed by atoms with Crippen molar-refractivity contribution >= 4 is 5.69 Å². The molecule has 0 saturated heterocycles. The molecule has 1 aliphatic heterocycles. The molecule has 2 aromatic carbocycles. The van der Waals surface area contributed by atoms with Crippen LogP contribution < -0.4 is 14.8 Å². The second-order valence-corrected chi connectivity index (χ2v) is 4.55. The van der Waals surface area contributed by atoms with Crippen molar-refractivity contribution in [2.45, 2.75) is 13.5 Å². The monoisotopic (exact) mass is 257 g/mol. The first-order valence-electron chi connectivity index (χ1n) is 6.14. The third-order valence-electron chi connectivity index (χ3n) is 3.09. The second kappa shape index (κ2) is 4.72. The van der Waals surface area contributed by atoms with Crippen LogP contribution in [0.5, 0.6) is 17.2 Å². The number of rotatable bonds is 3. The molecule has 1 aliphatic rings. The van der Waals surface area contributed by atoms with Crippen LogP contribution in [0.1, 0.15) is 11.1 Å². The number of fused-ring (bicyclic) bond motifs is 1. The molecular formula is C15H15NO3. The molecule has 0 fully saturated rings. The van der Waals surface area contributed by atoms with E-state index in [-0.39, 0.29) is 6.79 Å². The summed E-state index contributed by atoms with van der Waals surface area (Å²) in [5.74, 6) is 1.82. The summed E-state index contributed by atoms with van der Waals surface area (Å²) in [5.41, 5.74) is 2.93. The zero-order valence-corrected chi connectivity index (χ0v) is 10.6. The largest absolute Gasteiger partial charge is 0.508 e. The van der Waals surface area contributed by atoms with Gasteiger partial charge in [0.1, 0.15) is 5.75 Å². The van der Waals surface area contributed by atoms with Crippen LogP contribution in [0.4, 0.5) is 5.69 Å². The van der Waals surface area contributed by atoms with E-state index in [0.29, 0.717) is 12.3 Å². The number of phenolic OH excluding ortho intramolecular Hbond substituents is 1. The number of hydrogen-bond acceptors (Lipinski definition) is 4. The second-order valence-electron chi connectivity index (χ2n) is 4.55. The Kier molecular flexibility index (Phi) is 2.91. The fourth-order valence-electron chi connectivity index (χ4n) is 2.06. The smallest absolute Gasteiger partial charge is 0.231 e. The number of benzene rings is 2. The number of hydrogen-bond donors (Lipinski definition) is 2. The molecule has 4 heteroatoms. The van der Waals surface area contributed by atoms with Gasteiger partial charge in [0.25, 0.3) is 0 Å². The standard InChI is InChI=1S/C15H15NO3/c1-10-2-4-13(17)11(6-10)8-16-12-3-5-14-15(7-12)19-9-18-14/h2-7,16-17H,8-9H2,1H3. The van der Waals surface area contributed by atoms with Crippen LogP contribution in [0.15, 0.2) is 36.4 Å². The van der Waals surface area contributed by atoms with E-state index in [1.54, 1.807) is 6.07 Å². The first-order chi connectivity index (χ1) is 9.22. The van der Waals surface area contributed by atoms with Crippen molar-refractivity contribution in [1.29, 1.82) is 0 Å². The minimum absolute atomic E-state index is 0.275. The minimum atomic E-state index is 0.275.